The highest BCUT2D eigenvalue weighted by atomic mass is 35.5. The fourth-order valence-corrected chi connectivity index (χ4v) is 1.60. The monoisotopic (exact) mass is 260 g/mol. The molecule has 1 N–H and O–H groups in total. The molecule has 0 fully saturated rings. The molecule has 0 radical (unpaired) electrons. The zero-order valence-electron chi connectivity index (χ0n) is 8.74. The van der Waals surface area contributed by atoms with Gasteiger partial charge in [-0.2, -0.15) is 0 Å². The second kappa shape index (κ2) is 5.18. The van der Waals surface area contributed by atoms with E-state index in [9.17, 15) is 4.79 Å². The summed E-state index contributed by atoms with van der Waals surface area (Å²) in [5, 5.41) is 9.04. The van der Waals surface area contributed by atoms with Crippen LogP contribution in [-0.4, -0.2) is 35.1 Å². The van der Waals surface area contributed by atoms with Crippen LogP contribution in [0.25, 0.3) is 6.08 Å². The van der Waals surface area contributed by atoms with Crippen molar-refractivity contribution in [2.24, 2.45) is 0 Å². The minimum Gasteiger partial charge on any atom is -0.478 e. The summed E-state index contributed by atoms with van der Waals surface area (Å²) in [4.78, 5) is 16.4. The number of nitrogens with zero attached hydrogens (tertiary/aromatic N) is 2. The number of carboxylic acids is 1. The van der Waals surface area contributed by atoms with E-state index in [1.807, 2.05) is 14.1 Å². The molecule has 0 atom stereocenters. The van der Waals surface area contributed by atoms with E-state index < -0.39 is 5.97 Å². The van der Waals surface area contributed by atoms with Gasteiger partial charge in [-0.25, -0.2) is 9.78 Å². The van der Waals surface area contributed by atoms with Crippen LogP contribution in [0.3, 0.4) is 0 Å². The summed E-state index contributed by atoms with van der Waals surface area (Å²) in [6, 6.07) is 1.46. The average Bonchev–Trinajstić information content (AvgIpc) is 2.12. The predicted molar refractivity (Wildman–Crippen MR) is 63.9 cm³/mol. The largest absolute Gasteiger partial charge is 0.478 e. The molecule has 0 aliphatic rings. The minimum atomic E-state index is -1.13. The molecule has 1 rings (SSSR count). The molecule has 1 heterocycles. The Balaban J connectivity index is 3.30. The van der Waals surface area contributed by atoms with Crippen molar-refractivity contribution in [3.8, 4) is 0 Å². The van der Waals surface area contributed by atoms with E-state index in [-0.39, 0.29) is 15.9 Å². The van der Waals surface area contributed by atoms with Crippen molar-refractivity contribution in [2.75, 3.05) is 14.1 Å². The van der Waals surface area contributed by atoms with Crippen molar-refractivity contribution in [1.82, 2.24) is 9.88 Å². The van der Waals surface area contributed by atoms with E-state index in [0.717, 1.165) is 0 Å². The van der Waals surface area contributed by atoms with Crippen LogP contribution < -0.4 is 0 Å². The lowest BCUT2D eigenvalue weighted by molar-refractivity contribution is 0.0696. The Hall–Kier alpha value is -1.26. The standard InChI is InChI=1S/C10H10Cl2N2O2/c1-14(2)4-3-6-5-7(11)13-9(12)8(6)10(15)16/h3-5H,1-2H3,(H,15,16)/b4-3+. The molecule has 0 spiro atoms. The summed E-state index contributed by atoms with van der Waals surface area (Å²) in [7, 11) is 3.64. The summed E-state index contributed by atoms with van der Waals surface area (Å²) in [5.41, 5.74) is 0.371. The molecular weight excluding hydrogens is 251 g/mol. The van der Waals surface area contributed by atoms with E-state index in [2.05, 4.69) is 4.98 Å². The molecule has 0 bridgehead atoms. The van der Waals surface area contributed by atoms with E-state index in [1.54, 1.807) is 17.2 Å². The maximum Gasteiger partial charge on any atom is 0.339 e. The van der Waals surface area contributed by atoms with E-state index in [0.29, 0.717) is 5.56 Å². The summed E-state index contributed by atoms with van der Waals surface area (Å²) in [6.07, 6.45) is 3.32. The molecule has 1 aromatic rings. The van der Waals surface area contributed by atoms with Gasteiger partial charge in [0.25, 0.3) is 0 Å². The molecule has 16 heavy (non-hydrogen) atoms. The lowest BCUT2D eigenvalue weighted by Gasteiger charge is -2.06. The fraction of sp³-hybridized carbons (Fsp3) is 0.200. The Kier molecular flexibility index (Phi) is 4.15. The van der Waals surface area contributed by atoms with Crippen LogP contribution in [-0.2, 0) is 0 Å². The molecule has 0 saturated heterocycles. The quantitative estimate of drug-likeness (QED) is 0.850. The Morgan fingerprint density at radius 2 is 2.12 bits per heavy atom. The van der Waals surface area contributed by atoms with Gasteiger partial charge >= 0.3 is 5.97 Å². The van der Waals surface area contributed by atoms with Gasteiger partial charge < -0.3 is 10.0 Å². The first kappa shape index (κ1) is 12.8. The van der Waals surface area contributed by atoms with Gasteiger partial charge in [0.15, 0.2) is 0 Å². The number of carboxylic acid groups (broad SMARTS) is 1. The van der Waals surface area contributed by atoms with Crippen molar-refractivity contribution in [3.63, 3.8) is 0 Å². The summed E-state index contributed by atoms with van der Waals surface area (Å²) >= 11 is 11.4. The van der Waals surface area contributed by atoms with Gasteiger partial charge in [-0.15, -0.1) is 0 Å². The smallest absolute Gasteiger partial charge is 0.339 e. The first-order valence-corrected chi connectivity index (χ1v) is 5.11. The fourth-order valence-electron chi connectivity index (χ4n) is 1.07. The highest BCUT2D eigenvalue weighted by Gasteiger charge is 2.15. The third-order valence-electron chi connectivity index (χ3n) is 1.74. The topological polar surface area (TPSA) is 53.4 Å². The molecule has 0 aromatic carbocycles. The average molecular weight is 261 g/mol. The predicted octanol–water partition coefficient (Wildman–Crippen LogP) is 2.62. The number of rotatable bonds is 3. The highest BCUT2D eigenvalue weighted by Crippen LogP contribution is 2.23. The Morgan fingerprint density at radius 1 is 1.50 bits per heavy atom. The van der Waals surface area contributed by atoms with Crippen LogP contribution in [0.4, 0.5) is 0 Å². The van der Waals surface area contributed by atoms with Crippen molar-refractivity contribution in [1.29, 1.82) is 0 Å². The van der Waals surface area contributed by atoms with Crippen LogP contribution >= 0.6 is 23.2 Å². The molecular formula is C10H10Cl2N2O2. The van der Waals surface area contributed by atoms with Crippen LogP contribution in [0, 0.1) is 0 Å². The molecule has 0 saturated carbocycles. The number of hydrogen-bond donors (Lipinski definition) is 1. The lowest BCUT2D eigenvalue weighted by Crippen LogP contribution is -2.04. The number of aromatic nitrogens is 1. The minimum absolute atomic E-state index is 0.0517. The molecule has 6 heteroatoms. The second-order valence-corrected chi connectivity index (χ2v) is 4.03. The van der Waals surface area contributed by atoms with Crippen molar-refractivity contribution in [2.45, 2.75) is 0 Å². The first-order valence-electron chi connectivity index (χ1n) is 4.35. The first-order chi connectivity index (χ1) is 7.41. The molecule has 86 valence electrons. The zero-order valence-corrected chi connectivity index (χ0v) is 10.2. The van der Waals surface area contributed by atoms with Crippen LogP contribution in [0.15, 0.2) is 12.3 Å². The van der Waals surface area contributed by atoms with Gasteiger partial charge in [0.2, 0.25) is 0 Å². The second-order valence-electron chi connectivity index (χ2n) is 3.28. The number of aromatic carboxylic acids is 1. The van der Waals surface area contributed by atoms with Gasteiger partial charge in [0, 0.05) is 14.1 Å². The van der Waals surface area contributed by atoms with Crippen molar-refractivity contribution in [3.05, 3.63) is 33.7 Å². The number of pyridine rings is 1. The van der Waals surface area contributed by atoms with Crippen LogP contribution in [0.2, 0.25) is 10.3 Å². The highest BCUT2D eigenvalue weighted by molar-refractivity contribution is 6.34. The molecule has 0 aliphatic heterocycles. The van der Waals surface area contributed by atoms with E-state index in [4.69, 9.17) is 28.3 Å². The third-order valence-corrected chi connectivity index (χ3v) is 2.21. The molecule has 4 nitrogen and oxygen atoms in total. The molecule has 1 aromatic heterocycles. The van der Waals surface area contributed by atoms with Gasteiger partial charge in [0.05, 0.1) is 0 Å². The summed E-state index contributed by atoms with van der Waals surface area (Å²) < 4.78 is 0. The third kappa shape index (κ3) is 3.12. The number of hydrogen-bond acceptors (Lipinski definition) is 3. The Morgan fingerprint density at radius 3 is 2.62 bits per heavy atom. The van der Waals surface area contributed by atoms with Crippen LogP contribution in [0.1, 0.15) is 15.9 Å². The SMILES string of the molecule is CN(C)/C=C/c1cc(Cl)nc(Cl)c1C(=O)O. The zero-order chi connectivity index (χ0) is 12.3. The maximum absolute atomic E-state index is 11.0. The van der Waals surface area contributed by atoms with Gasteiger partial charge in [-0.05, 0) is 23.9 Å². The van der Waals surface area contributed by atoms with Crippen LogP contribution in [0.5, 0.6) is 0 Å². The van der Waals surface area contributed by atoms with Crippen molar-refractivity contribution < 1.29 is 9.90 Å². The van der Waals surface area contributed by atoms with Gasteiger partial charge in [-0.1, -0.05) is 23.2 Å². The Bertz CT molecular complexity index is 445. The molecule has 0 aliphatic carbocycles. The molecule has 0 unspecified atom stereocenters. The van der Waals surface area contributed by atoms with Gasteiger partial charge in [0.1, 0.15) is 15.9 Å². The normalized spacial score (nSPS) is 10.8. The van der Waals surface area contributed by atoms with E-state index >= 15 is 0 Å². The Labute approximate surface area is 103 Å². The molecule has 0 amide bonds. The number of halogens is 2. The van der Waals surface area contributed by atoms with Gasteiger partial charge in [-0.3, -0.25) is 0 Å². The maximum atomic E-state index is 11.0. The van der Waals surface area contributed by atoms with Crippen molar-refractivity contribution >= 4 is 35.2 Å². The van der Waals surface area contributed by atoms with E-state index in [1.165, 1.54) is 6.07 Å². The lowest BCUT2D eigenvalue weighted by atomic mass is 10.1. The number of carbonyl (C=O) groups is 1. The summed E-state index contributed by atoms with van der Waals surface area (Å²) in [6.45, 7) is 0. The summed E-state index contributed by atoms with van der Waals surface area (Å²) in [5.74, 6) is -1.13.